The number of fused-ring (bicyclic) bond motifs is 1. The van der Waals surface area contributed by atoms with Crippen LogP contribution < -0.4 is 0 Å². The second kappa shape index (κ2) is 4.46. The van der Waals surface area contributed by atoms with E-state index in [0.717, 1.165) is 10.1 Å². The molecule has 1 aromatic carbocycles. The second-order valence-electron chi connectivity index (χ2n) is 4.28. The number of halogens is 4. The fraction of sp³-hybridized carbons (Fsp3) is 0.417. The molecule has 0 spiro atoms. The molecule has 0 amide bonds. The van der Waals surface area contributed by atoms with Gasteiger partial charge in [-0.3, -0.25) is 0 Å². The van der Waals surface area contributed by atoms with Crippen LogP contribution in [0.2, 0.25) is 0 Å². The number of rotatable bonds is 2. The molecule has 2 aromatic rings. The number of hydrogen-bond acceptors (Lipinski definition) is 1. The van der Waals surface area contributed by atoms with E-state index in [1.165, 1.54) is 0 Å². The molecule has 1 heterocycles. The van der Waals surface area contributed by atoms with Crippen LogP contribution >= 0.6 is 11.6 Å². The third kappa shape index (κ3) is 2.61. The minimum atomic E-state index is -4.29. The zero-order chi connectivity index (χ0) is 13.5. The quantitative estimate of drug-likeness (QED) is 0.752. The minimum absolute atomic E-state index is 0.245. The van der Waals surface area contributed by atoms with E-state index in [0.29, 0.717) is 11.0 Å². The van der Waals surface area contributed by atoms with Crippen molar-refractivity contribution < 1.29 is 13.2 Å². The number of imidazole rings is 1. The summed E-state index contributed by atoms with van der Waals surface area (Å²) in [4.78, 5) is 4.17. The van der Waals surface area contributed by atoms with Crippen LogP contribution in [0.3, 0.4) is 0 Å². The largest absolute Gasteiger partial charge is 0.406 e. The Hall–Kier alpha value is -1.23. The van der Waals surface area contributed by atoms with Crippen LogP contribution in [0.25, 0.3) is 11.0 Å². The van der Waals surface area contributed by atoms with Crippen LogP contribution in [0, 0.1) is 6.92 Å². The van der Waals surface area contributed by atoms with E-state index in [2.05, 4.69) is 4.98 Å². The van der Waals surface area contributed by atoms with Crippen molar-refractivity contribution in [1.82, 2.24) is 9.55 Å². The normalized spacial score (nSPS) is 14.1. The van der Waals surface area contributed by atoms with E-state index < -0.39 is 18.1 Å². The predicted molar refractivity (Wildman–Crippen MR) is 64.8 cm³/mol. The predicted octanol–water partition coefficient (Wildman–Crippen LogP) is 4.21. The van der Waals surface area contributed by atoms with Gasteiger partial charge in [0, 0.05) is 0 Å². The summed E-state index contributed by atoms with van der Waals surface area (Å²) >= 11 is 5.90. The van der Waals surface area contributed by atoms with Crippen LogP contribution in [0.1, 0.15) is 23.7 Å². The van der Waals surface area contributed by atoms with Crippen molar-refractivity contribution in [1.29, 1.82) is 0 Å². The maximum Gasteiger partial charge on any atom is 0.406 e. The molecule has 1 unspecified atom stereocenters. The van der Waals surface area contributed by atoms with E-state index in [1.54, 1.807) is 19.1 Å². The van der Waals surface area contributed by atoms with Crippen LogP contribution in [0.4, 0.5) is 13.2 Å². The van der Waals surface area contributed by atoms with Gasteiger partial charge in [0.25, 0.3) is 0 Å². The van der Waals surface area contributed by atoms with E-state index >= 15 is 0 Å². The molecule has 0 radical (unpaired) electrons. The Morgan fingerprint density at radius 3 is 2.61 bits per heavy atom. The molecule has 0 N–H and O–H groups in total. The van der Waals surface area contributed by atoms with Gasteiger partial charge in [-0.2, -0.15) is 13.2 Å². The molecule has 0 aliphatic rings. The molecule has 0 aliphatic carbocycles. The van der Waals surface area contributed by atoms with Crippen LogP contribution in [0.15, 0.2) is 18.2 Å². The first-order valence-electron chi connectivity index (χ1n) is 5.45. The van der Waals surface area contributed by atoms with Crippen molar-refractivity contribution in [3.63, 3.8) is 0 Å². The summed E-state index contributed by atoms with van der Waals surface area (Å²) in [7, 11) is 0. The highest BCUT2D eigenvalue weighted by Gasteiger charge is 2.31. The fourth-order valence-electron chi connectivity index (χ4n) is 1.90. The lowest BCUT2D eigenvalue weighted by Gasteiger charge is -2.13. The van der Waals surface area contributed by atoms with Gasteiger partial charge in [0.2, 0.25) is 0 Å². The maximum atomic E-state index is 12.6. The molecule has 6 heteroatoms. The summed E-state index contributed by atoms with van der Waals surface area (Å²) in [5.74, 6) is 0.245. The zero-order valence-corrected chi connectivity index (χ0v) is 10.7. The molecule has 0 saturated heterocycles. The molecule has 0 saturated carbocycles. The Morgan fingerprint density at radius 2 is 2.06 bits per heavy atom. The van der Waals surface area contributed by atoms with Gasteiger partial charge >= 0.3 is 6.18 Å². The van der Waals surface area contributed by atoms with Gasteiger partial charge in [0.15, 0.2) is 0 Å². The van der Waals surface area contributed by atoms with Gasteiger partial charge in [-0.25, -0.2) is 4.98 Å². The summed E-state index contributed by atoms with van der Waals surface area (Å²) in [5, 5.41) is -0.569. The molecular formula is C12H12ClF3N2. The van der Waals surface area contributed by atoms with Gasteiger partial charge in [-0.1, -0.05) is 6.07 Å². The molecule has 1 atom stereocenters. The lowest BCUT2D eigenvalue weighted by molar-refractivity contribution is -0.140. The van der Waals surface area contributed by atoms with Crippen molar-refractivity contribution in [3.05, 3.63) is 29.6 Å². The molecule has 0 aliphatic heterocycles. The monoisotopic (exact) mass is 276 g/mol. The number of hydrogen-bond donors (Lipinski definition) is 0. The van der Waals surface area contributed by atoms with Crippen LogP contribution in [0.5, 0.6) is 0 Å². The van der Waals surface area contributed by atoms with Gasteiger partial charge in [0.1, 0.15) is 12.4 Å². The molecule has 2 nitrogen and oxygen atoms in total. The molecule has 2 rings (SSSR count). The molecule has 18 heavy (non-hydrogen) atoms. The minimum Gasteiger partial charge on any atom is -0.318 e. The van der Waals surface area contributed by atoms with Crippen LogP contribution in [-0.2, 0) is 6.54 Å². The molecule has 0 fully saturated rings. The van der Waals surface area contributed by atoms with Crippen LogP contribution in [-0.4, -0.2) is 15.7 Å². The Bertz CT molecular complexity index is 572. The van der Waals surface area contributed by atoms with Crippen molar-refractivity contribution in [2.45, 2.75) is 31.9 Å². The summed E-state index contributed by atoms with van der Waals surface area (Å²) in [6.07, 6.45) is -4.29. The Labute approximate surface area is 107 Å². The smallest absolute Gasteiger partial charge is 0.318 e. The topological polar surface area (TPSA) is 17.8 Å². The summed E-state index contributed by atoms with van der Waals surface area (Å²) in [6.45, 7) is 2.37. The molecular weight excluding hydrogens is 265 g/mol. The summed E-state index contributed by atoms with van der Waals surface area (Å²) in [6, 6.07) is 5.22. The average molecular weight is 277 g/mol. The first kappa shape index (κ1) is 13.2. The highest BCUT2D eigenvalue weighted by Crippen LogP contribution is 2.28. The Balaban J connectivity index is 2.64. The SMILES string of the molecule is Cc1ccc2nc(C(C)Cl)n(CC(F)(F)F)c2c1. The molecule has 1 aromatic heterocycles. The number of aryl methyl sites for hydroxylation is 1. The number of benzene rings is 1. The highest BCUT2D eigenvalue weighted by molar-refractivity contribution is 6.20. The number of aromatic nitrogens is 2. The lowest BCUT2D eigenvalue weighted by atomic mass is 10.2. The highest BCUT2D eigenvalue weighted by atomic mass is 35.5. The summed E-state index contributed by atoms with van der Waals surface area (Å²) < 4.78 is 38.9. The standard InChI is InChI=1S/C12H12ClF3N2/c1-7-3-4-9-10(5-7)18(6-12(14,15)16)11(17-9)8(2)13/h3-5,8H,6H2,1-2H3. The van der Waals surface area contributed by atoms with E-state index in [-0.39, 0.29) is 5.82 Å². The number of nitrogens with zero attached hydrogens (tertiary/aromatic N) is 2. The summed E-state index contributed by atoms with van der Waals surface area (Å²) in [5.41, 5.74) is 1.89. The van der Waals surface area contributed by atoms with E-state index in [4.69, 9.17) is 11.6 Å². The van der Waals surface area contributed by atoms with Crippen molar-refractivity contribution in [3.8, 4) is 0 Å². The Morgan fingerprint density at radius 1 is 1.39 bits per heavy atom. The van der Waals surface area contributed by atoms with Crippen molar-refractivity contribution in [2.75, 3.05) is 0 Å². The maximum absolute atomic E-state index is 12.6. The lowest BCUT2D eigenvalue weighted by Crippen LogP contribution is -2.19. The van der Waals surface area contributed by atoms with Gasteiger partial charge < -0.3 is 4.57 Å². The Kier molecular flexibility index (Phi) is 3.27. The third-order valence-corrected chi connectivity index (χ3v) is 2.82. The zero-order valence-electron chi connectivity index (χ0n) is 9.92. The average Bonchev–Trinajstić information content (AvgIpc) is 2.55. The van der Waals surface area contributed by atoms with Gasteiger partial charge in [-0.05, 0) is 31.5 Å². The van der Waals surface area contributed by atoms with Crippen molar-refractivity contribution >= 4 is 22.6 Å². The number of alkyl halides is 4. The molecule has 0 bridgehead atoms. The molecule has 98 valence electrons. The fourth-order valence-corrected chi connectivity index (χ4v) is 2.07. The van der Waals surface area contributed by atoms with E-state index in [1.807, 2.05) is 13.0 Å². The van der Waals surface area contributed by atoms with Gasteiger partial charge in [0.05, 0.1) is 16.4 Å². The second-order valence-corrected chi connectivity index (χ2v) is 4.93. The van der Waals surface area contributed by atoms with Gasteiger partial charge in [-0.15, -0.1) is 11.6 Å². The van der Waals surface area contributed by atoms with Crippen molar-refractivity contribution in [2.24, 2.45) is 0 Å². The third-order valence-electron chi connectivity index (χ3n) is 2.63. The van der Waals surface area contributed by atoms with E-state index in [9.17, 15) is 13.2 Å². The first-order chi connectivity index (χ1) is 8.28. The first-order valence-corrected chi connectivity index (χ1v) is 5.89.